The summed E-state index contributed by atoms with van der Waals surface area (Å²) < 4.78 is 85.3. The van der Waals surface area contributed by atoms with E-state index in [1.54, 1.807) is 0 Å². The Morgan fingerprint density at radius 1 is 1.09 bits per heavy atom. The second-order valence-corrected chi connectivity index (χ2v) is 7.38. The van der Waals surface area contributed by atoms with E-state index >= 15 is 0 Å². The smallest absolute Gasteiger partial charge is 0.394 e. The quantitative estimate of drug-likeness (QED) is 0.652. The zero-order valence-electron chi connectivity index (χ0n) is 16.8. The number of benzene rings is 1. The average Bonchev–Trinajstić information content (AvgIpc) is 2.73. The number of carbonyl (C=O) groups is 1. The Labute approximate surface area is 181 Å². The maximum atomic E-state index is 13.1. The first-order valence-electron chi connectivity index (χ1n) is 9.38. The molecule has 2 heterocycles. The molecular weight excluding hydrogens is 464 g/mol. The molecule has 1 aromatic carbocycles. The van der Waals surface area contributed by atoms with Gasteiger partial charge < -0.3 is 14.7 Å². The van der Waals surface area contributed by atoms with Crippen LogP contribution in [-0.2, 0) is 17.1 Å². The number of H-pyrrole nitrogens is 1. The minimum Gasteiger partial charge on any atom is -0.394 e. The highest BCUT2D eigenvalue weighted by molar-refractivity contribution is 5.94. The van der Waals surface area contributed by atoms with E-state index < -0.39 is 71.7 Å². The van der Waals surface area contributed by atoms with Gasteiger partial charge in [-0.05, 0) is 25.1 Å². The lowest BCUT2D eigenvalue weighted by Crippen LogP contribution is -2.51. The lowest BCUT2D eigenvalue weighted by atomic mass is 10.0. The van der Waals surface area contributed by atoms with Gasteiger partial charge in [-0.3, -0.25) is 19.1 Å². The molecule has 180 valence electrons. The van der Waals surface area contributed by atoms with Crippen molar-refractivity contribution >= 4 is 5.91 Å². The van der Waals surface area contributed by atoms with Gasteiger partial charge in [0, 0.05) is 23.9 Å². The molecule has 1 aliphatic heterocycles. The molecule has 0 bridgehead atoms. The number of hydrogen-bond acceptors (Lipinski definition) is 5. The van der Waals surface area contributed by atoms with Gasteiger partial charge in [0.15, 0.2) is 6.23 Å². The molecule has 1 fully saturated rings. The molecule has 1 saturated heterocycles. The van der Waals surface area contributed by atoms with Crippen molar-refractivity contribution in [3.8, 4) is 0 Å². The number of alkyl halides is 6. The molecule has 2 N–H and O–H groups in total. The van der Waals surface area contributed by atoms with Crippen molar-refractivity contribution in [2.45, 2.75) is 31.6 Å². The van der Waals surface area contributed by atoms with Crippen molar-refractivity contribution in [3.63, 3.8) is 0 Å². The number of aliphatic hydroxyl groups excluding tert-OH is 1. The van der Waals surface area contributed by atoms with Crippen LogP contribution in [0.2, 0.25) is 0 Å². The predicted molar refractivity (Wildman–Crippen MR) is 99.4 cm³/mol. The summed E-state index contributed by atoms with van der Waals surface area (Å²) in [7, 11) is 0. The standard InChI is InChI=1S/C19H17F6N3O5/c1-9-5-28(17(32)26-15(9)30)14-7-27(6-13(8-29)33-14)16(31)10-2-11(18(20,21)22)4-12(3-10)19(23,24)25/h2-5,13-14,29H,6-8H2,1H3,(H,26,30,32)/t13?,14-/m1/s1. The molecule has 3 rings (SSSR count). The van der Waals surface area contributed by atoms with Gasteiger partial charge in [-0.2, -0.15) is 26.3 Å². The number of ether oxygens (including phenoxy) is 1. The van der Waals surface area contributed by atoms with E-state index in [1.165, 1.54) is 6.92 Å². The first-order chi connectivity index (χ1) is 15.2. The van der Waals surface area contributed by atoms with Crippen molar-refractivity contribution in [2.24, 2.45) is 0 Å². The number of morpholine rings is 1. The SMILES string of the molecule is Cc1cn([C@H]2CN(C(=O)c3cc(C(F)(F)F)cc(C(F)(F)F)c3)CC(CO)O2)c(=O)[nH]c1=O. The second-order valence-electron chi connectivity index (χ2n) is 7.38. The fourth-order valence-corrected chi connectivity index (χ4v) is 3.30. The van der Waals surface area contributed by atoms with E-state index in [2.05, 4.69) is 0 Å². The van der Waals surface area contributed by atoms with Crippen LogP contribution in [0.5, 0.6) is 0 Å². The number of halogens is 6. The second kappa shape index (κ2) is 8.67. The van der Waals surface area contributed by atoms with E-state index in [9.17, 15) is 45.8 Å². The Balaban J connectivity index is 2.02. The van der Waals surface area contributed by atoms with Gasteiger partial charge in [0.1, 0.15) is 6.10 Å². The number of aromatic nitrogens is 2. The number of amides is 1. The summed E-state index contributed by atoms with van der Waals surface area (Å²) in [5, 5.41) is 9.49. The van der Waals surface area contributed by atoms with Crippen LogP contribution >= 0.6 is 0 Å². The van der Waals surface area contributed by atoms with Crippen LogP contribution in [0, 0.1) is 6.92 Å². The predicted octanol–water partition coefficient (Wildman–Crippen LogP) is 1.91. The van der Waals surface area contributed by atoms with Gasteiger partial charge in [0.05, 0.1) is 24.3 Å². The normalized spacial score (nSPS) is 19.6. The van der Waals surface area contributed by atoms with Gasteiger partial charge in [0.25, 0.3) is 11.5 Å². The Morgan fingerprint density at radius 3 is 2.18 bits per heavy atom. The first kappa shape index (κ1) is 24.5. The molecule has 1 aromatic heterocycles. The van der Waals surface area contributed by atoms with Crippen LogP contribution in [0.3, 0.4) is 0 Å². The molecule has 1 amide bonds. The molecule has 0 spiro atoms. The Morgan fingerprint density at radius 2 is 1.67 bits per heavy atom. The highest BCUT2D eigenvalue weighted by atomic mass is 19.4. The van der Waals surface area contributed by atoms with Gasteiger partial charge in [-0.1, -0.05) is 0 Å². The summed E-state index contributed by atoms with van der Waals surface area (Å²) in [5.74, 6) is -1.19. The summed E-state index contributed by atoms with van der Waals surface area (Å²) in [6, 6.07) is 0.497. The lowest BCUT2D eigenvalue weighted by molar-refractivity contribution is -0.143. The maximum Gasteiger partial charge on any atom is 0.416 e. The van der Waals surface area contributed by atoms with Crippen molar-refractivity contribution < 1.29 is 41.0 Å². The fraction of sp³-hybridized carbons (Fsp3) is 0.421. The van der Waals surface area contributed by atoms with Gasteiger partial charge in [-0.15, -0.1) is 0 Å². The molecule has 0 aliphatic carbocycles. The molecule has 14 heteroatoms. The summed E-state index contributed by atoms with van der Waals surface area (Å²) in [6.45, 7) is -0.0854. The van der Waals surface area contributed by atoms with Crippen LogP contribution in [0.25, 0.3) is 0 Å². The molecule has 0 radical (unpaired) electrons. The summed E-state index contributed by atoms with van der Waals surface area (Å²) >= 11 is 0. The van der Waals surface area contributed by atoms with E-state index in [0.717, 1.165) is 15.7 Å². The third kappa shape index (κ3) is 5.27. The number of aliphatic hydroxyl groups is 1. The first-order valence-corrected chi connectivity index (χ1v) is 9.38. The average molecular weight is 481 g/mol. The molecule has 33 heavy (non-hydrogen) atoms. The third-order valence-electron chi connectivity index (χ3n) is 4.93. The van der Waals surface area contributed by atoms with Gasteiger partial charge >= 0.3 is 18.0 Å². The minimum atomic E-state index is -5.14. The van der Waals surface area contributed by atoms with Crippen molar-refractivity contribution in [2.75, 3.05) is 19.7 Å². The number of nitrogens with zero attached hydrogens (tertiary/aromatic N) is 2. The van der Waals surface area contributed by atoms with Crippen LogP contribution in [0.4, 0.5) is 26.3 Å². The molecule has 0 saturated carbocycles. The van der Waals surface area contributed by atoms with Crippen LogP contribution in [0.1, 0.15) is 33.3 Å². The third-order valence-corrected chi connectivity index (χ3v) is 4.93. The van der Waals surface area contributed by atoms with Crippen molar-refractivity contribution in [1.82, 2.24) is 14.5 Å². The van der Waals surface area contributed by atoms with E-state index in [4.69, 9.17) is 4.74 Å². The molecule has 2 atom stereocenters. The highest BCUT2D eigenvalue weighted by Crippen LogP contribution is 2.36. The molecule has 2 aromatic rings. The Bertz CT molecular complexity index is 1140. The zero-order valence-corrected chi connectivity index (χ0v) is 16.8. The number of aryl methyl sites for hydroxylation is 1. The number of carbonyl (C=O) groups excluding carboxylic acids is 1. The van der Waals surface area contributed by atoms with Crippen molar-refractivity contribution in [1.29, 1.82) is 0 Å². The van der Waals surface area contributed by atoms with Crippen LogP contribution < -0.4 is 11.2 Å². The van der Waals surface area contributed by atoms with Gasteiger partial charge in [-0.25, -0.2) is 4.79 Å². The minimum absolute atomic E-state index is 0.0991. The van der Waals surface area contributed by atoms with Crippen LogP contribution in [-0.4, -0.2) is 51.3 Å². The molecule has 1 unspecified atom stereocenters. The van der Waals surface area contributed by atoms with Crippen molar-refractivity contribution in [3.05, 3.63) is 67.5 Å². The summed E-state index contributed by atoms with van der Waals surface area (Å²) in [5.41, 5.74) is -5.68. The Kier molecular flexibility index (Phi) is 6.44. The van der Waals surface area contributed by atoms with Crippen LogP contribution in [0.15, 0.2) is 34.0 Å². The monoisotopic (exact) mass is 481 g/mol. The number of hydrogen-bond donors (Lipinski definition) is 2. The van der Waals surface area contributed by atoms with E-state index in [0.29, 0.717) is 12.1 Å². The fourth-order valence-electron chi connectivity index (χ4n) is 3.30. The topological polar surface area (TPSA) is 105 Å². The molecule has 1 aliphatic rings. The Hall–Kier alpha value is -3.13. The van der Waals surface area contributed by atoms with E-state index in [1.807, 2.05) is 4.98 Å². The molecule has 8 nitrogen and oxygen atoms in total. The number of nitrogens with one attached hydrogen (secondary N) is 1. The summed E-state index contributed by atoms with van der Waals surface area (Å²) in [6.07, 6.45) is -11.5. The number of aromatic amines is 1. The summed E-state index contributed by atoms with van der Waals surface area (Å²) in [4.78, 5) is 39.5. The van der Waals surface area contributed by atoms with E-state index in [-0.39, 0.29) is 18.2 Å². The largest absolute Gasteiger partial charge is 0.416 e. The lowest BCUT2D eigenvalue weighted by Gasteiger charge is -2.38. The molecular formula is C19H17F6N3O5. The van der Waals surface area contributed by atoms with Gasteiger partial charge in [0.2, 0.25) is 0 Å². The highest BCUT2D eigenvalue weighted by Gasteiger charge is 2.39. The number of rotatable bonds is 3. The zero-order chi connectivity index (χ0) is 24.7. The maximum absolute atomic E-state index is 13.1.